The lowest BCUT2D eigenvalue weighted by atomic mass is 10.1. The highest BCUT2D eigenvalue weighted by atomic mass is 32.1. The first-order valence-electron chi connectivity index (χ1n) is 10.4. The molecule has 7 nitrogen and oxygen atoms in total. The van der Waals surface area contributed by atoms with Crippen LogP contribution in [0.15, 0.2) is 53.9 Å². The minimum atomic E-state index is -0.424. The number of rotatable bonds is 10. The second-order valence-corrected chi connectivity index (χ2v) is 7.89. The van der Waals surface area contributed by atoms with Gasteiger partial charge in [0.05, 0.1) is 24.1 Å². The van der Waals surface area contributed by atoms with E-state index in [-0.39, 0.29) is 12.5 Å². The van der Waals surface area contributed by atoms with E-state index in [4.69, 9.17) is 9.47 Å². The third-order valence-electron chi connectivity index (χ3n) is 4.72. The van der Waals surface area contributed by atoms with E-state index in [0.29, 0.717) is 27.8 Å². The summed E-state index contributed by atoms with van der Waals surface area (Å²) in [4.78, 5) is 31.0. The van der Waals surface area contributed by atoms with Crippen LogP contribution in [0.1, 0.15) is 42.7 Å². The molecule has 168 valence electrons. The summed E-state index contributed by atoms with van der Waals surface area (Å²) >= 11 is 1.30. The molecule has 3 aromatic rings. The van der Waals surface area contributed by atoms with Crippen LogP contribution in [-0.2, 0) is 16.1 Å². The largest absolute Gasteiger partial charge is 0.495 e. The van der Waals surface area contributed by atoms with Gasteiger partial charge in [0.2, 0.25) is 5.91 Å². The van der Waals surface area contributed by atoms with Gasteiger partial charge in [-0.05, 0) is 30.7 Å². The Kier molecular flexibility index (Phi) is 8.21. The zero-order valence-electron chi connectivity index (χ0n) is 18.5. The lowest BCUT2D eigenvalue weighted by Gasteiger charge is -2.20. The Labute approximate surface area is 192 Å². The molecule has 32 heavy (non-hydrogen) atoms. The second-order valence-electron chi connectivity index (χ2n) is 7.05. The molecule has 8 heteroatoms. The summed E-state index contributed by atoms with van der Waals surface area (Å²) in [6.45, 7) is 4.39. The van der Waals surface area contributed by atoms with Gasteiger partial charge in [0, 0.05) is 24.5 Å². The number of thiazole rings is 1. The van der Waals surface area contributed by atoms with Gasteiger partial charge in [0.25, 0.3) is 0 Å². The maximum absolute atomic E-state index is 12.7. The summed E-state index contributed by atoms with van der Waals surface area (Å²) in [5.74, 6) is -0.0511. The van der Waals surface area contributed by atoms with E-state index in [2.05, 4.69) is 17.2 Å². The molecule has 1 aromatic heterocycles. The summed E-state index contributed by atoms with van der Waals surface area (Å²) in [7, 11) is 1.55. The first-order valence-corrected chi connectivity index (χ1v) is 11.3. The second kappa shape index (κ2) is 11.3. The number of ether oxygens (including phenoxy) is 2. The van der Waals surface area contributed by atoms with Crippen LogP contribution >= 0.6 is 11.3 Å². The number of nitrogens with zero attached hydrogens (tertiary/aromatic N) is 2. The summed E-state index contributed by atoms with van der Waals surface area (Å²) < 4.78 is 10.9. The number of nitrogens with one attached hydrogen (secondary N) is 1. The van der Waals surface area contributed by atoms with Crippen molar-refractivity contribution in [2.24, 2.45) is 0 Å². The lowest BCUT2D eigenvalue weighted by Crippen LogP contribution is -2.23. The SMILES string of the molecule is CCCCNc1ccccc1C(=O)OCc1csc(N(C(C)=O)c2ccccc2OC)n1. The van der Waals surface area contributed by atoms with E-state index in [0.717, 1.165) is 25.1 Å². The number of para-hydroxylation sites is 3. The minimum Gasteiger partial charge on any atom is -0.495 e. The first kappa shape index (κ1) is 23.3. The molecule has 0 radical (unpaired) electrons. The van der Waals surface area contributed by atoms with Crippen LogP contribution in [0.4, 0.5) is 16.5 Å². The van der Waals surface area contributed by atoms with Crippen LogP contribution in [0.3, 0.4) is 0 Å². The maximum atomic E-state index is 12.7. The zero-order chi connectivity index (χ0) is 22.9. The fraction of sp³-hybridized carbons (Fsp3) is 0.292. The van der Waals surface area contributed by atoms with E-state index in [1.54, 1.807) is 36.8 Å². The van der Waals surface area contributed by atoms with Gasteiger partial charge in [-0.1, -0.05) is 37.6 Å². The number of carbonyl (C=O) groups is 2. The van der Waals surface area contributed by atoms with Crippen LogP contribution in [0.25, 0.3) is 0 Å². The third-order valence-corrected chi connectivity index (χ3v) is 5.59. The zero-order valence-corrected chi connectivity index (χ0v) is 19.3. The van der Waals surface area contributed by atoms with Crippen molar-refractivity contribution in [3.05, 3.63) is 65.2 Å². The van der Waals surface area contributed by atoms with Crippen LogP contribution in [-0.4, -0.2) is 30.5 Å². The van der Waals surface area contributed by atoms with E-state index < -0.39 is 5.97 Å². The number of amides is 1. The standard InChI is InChI=1S/C24H27N3O4S/c1-4-5-14-25-20-11-7-6-10-19(20)23(29)31-15-18-16-32-24(26-18)27(17(2)28)21-12-8-9-13-22(21)30-3/h6-13,16,25H,4-5,14-15H2,1-3H3. The number of anilines is 3. The summed E-state index contributed by atoms with van der Waals surface area (Å²) in [6.07, 6.45) is 2.09. The Morgan fingerprint density at radius 2 is 1.88 bits per heavy atom. The molecule has 0 saturated heterocycles. The monoisotopic (exact) mass is 453 g/mol. The average Bonchev–Trinajstić information content (AvgIpc) is 3.26. The number of hydrogen-bond acceptors (Lipinski definition) is 7. The van der Waals surface area contributed by atoms with Gasteiger partial charge in [-0.25, -0.2) is 9.78 Å². The number of carbonyl (C=O) groups excluding carboxylic acids is 2. The Morgan fingerprint density at radius 3 is 2.62 bits per heavy atom. The van der Waals surface area contributed by atoms with Crippen molar-refractivity contribution < 1.29 is 19.1 Å². The Morgan fingerprint density at radius 1 is 1.12 bits per heavy atom. The van der Waals surface area contributed by atoms with Gasteiger partial charge in [0.15, 0.2) is 5.13 Å². The Balaban J connectivity index is 1.71. The molecule has 0 aliphatic rings. The molecule has 1 heterocycles. The van der Waals surface area contributed by atoms with Crippen molar-refractivity contribution in [2.45, 2.75) is 33.3 Å². The highest BCUT2D eigenvalue weighted by Gasteiger charge is 2.21. The van der Waals surface area contributed by atoms with Gasteiger partial charge >= 0.3 is 5.97 Å². The van der Waals surface area contributed by atoms with Crippen LogP contribution in [0.5, 0.6) is 5.75 Å². The number of esters is 1. The summed E-state index contributed by atoms with van der Waals surface area (Å²) in [6, 6.07) is 14.5. The average molecular weight is 454 g/mol. The van der Waals surface area contributed by atoms with Gasteiger partial charge in [-0.15, -0.1) is 11.3 Å². The van der Waals surface area contributed by atoms with Gasteiger partial charge < -0.3 is 14.8 Å². The number of aromatic nitrogens is 1. The maximum Gasteiger partial charge on any atom is 0.340 e. The van der Waals surface area contributed by atoms with E-state index >= 15 is 0 Å². The molecule has 0 aliphatic carbocycles. The molecule has 1 N–H and O–H groups in total. The van der Waals surface area contributed by atoms with Crippen molar-refractivity contribution in [1.82, 2.24) is 4.98 Å². The third kappa shape index (κ3) is 5.64. The Bertz CT molecular complexity index is 1070. The number of unbranched alkanes of at least 4 members (excludes halogenated alkanes) is 1. The predicted octanol–water partition coefficient (Wildman–Crippen LogP) is 5.41. The molecule has 0 aliphatic heterocycles. The Hall–Kier alpha value is -3.39. The molecule has 0 spiro atoms. The van der Waals surface area contributed by atoms with Gasteiger partial charge in [0.1, 0.15) is 12.4 Å². The lowest BCUT2D eigenvalue weighted by molar-refractivity contribution is -0.115. The highest BCUT2D eigenvalue weighted by Crippen LogP contribution is 2.35. The fourth-order valence-corrected chi connectivity index (χ4v) is 3.98. The van der Waals surface area contributed by atoms with Gasteiger partial charge in [-0.3, -0.25) is 9.69 Å². The molecule has 0 atom stereocenters. The summed E-state index contributed by atoms with van der Waals surface area (Å²) in [5, 5.41) is 5.54. The minimum absolute atomic E-state index is 0.0102. The van der Waals surface area contributed by atoms with E-state index in [9.17, 15) is 9.59 Å². The molecule has 0 fully saturated rings. The molecule has 0 unspecified atom stereocenters. The van der Waals surface area contributed by atoms with Crippen molar-refractivity contribution >= 4 is 39.7 Å². The molecule has 0 bridgehead atoms. The molecular weight excluding hydrogens is 426 g/mol. The molecule has 3 rings (SSSR count). The quantitative estimate of drug-likeness (QED) is 0.327. The van der Waals surface area contributed by atoms with Gasteiger partial charge in [-0.2, -0.15) is 0 Å². The fourth-order valence-electron chi connectivity index (χ4n) is 3.12. The molecule has 2 aromatic carbocycles. The van der Waals surface area contributed by atoms with Crippen LogP contribution in [0, 0.1) is 0 Å². The van der Waals surface area contributed by atoms with Crippen molar-refractivity contribution in [3.63, 3.8) is 0 Å². The number of benzene rings is 2. The highest BCUT2D eigenvalue weighted by molar-refractivity contribution is 7.14. The van der Waals surface area contributed by atoms with Crippen LogP contribution in [0.2, 0.25) is 0 Å². The molecule has 0 saturated carbocycles. The topological polar surface area (TPSA) is 80.8 Å². The molecule has 1 amide bonds. The van der Waals surface area contributed by atoms with Crippen molar-refractivity contribution in [3.8, 4) is 5.75 Å². The van der Waals surface area contributed by atoms with Crippen LogP contribution < -0.4 is 15.0 Å². The van der Waals surface area contributed by atoms with E-state index in [1.807, 2.05) is 24.3 Å². The summed E-state index contributed by atoms with van der Waals surface area (Å²) in [5.41, 5.74) is 2.41. The van der Waals surface area contributed by atoms with Crippen molar-refractivity contribution in [1.29, 1.82) is 0 Å². The number of hydrogen-bond donors (Lipinski definition) is 1. The van der Waals surface area contributed by atoms with Crippen molar-refractivity contribution in [2.75, 3.05) is 23.9 Å². The smallest absolute Gasteiger partial charge is 0.340 e. The normalized spacial score (nSPS) is 10.5. The molecular formula is C24H27N3O4S. The predicted molar refractivity (Wildman–Crippen MR) is 127 cm³/mol. The van der Waals surface area contributed by atoms with E-state index in [1.165, 1.54) is 23.2 Å². The first-order chi connectivity index (χ1) is 15.5. The number of methoxy groups -OCH3 is 1.